The predicted molar refractivity (Wildman–Crippen MR) is 107 cm³/mol. The van der Waals surface area contributed by atoms with Crippen molar-refractivity contribution in [3.05, 3.63) is 60.3 Å². The minimum atomic E-state index is -0.394. The van der Waals surface area contributed by atoms with Gasteiger partial charge in [-0.25, -0.2) is 4.79 Å². The number of fused-ring (bicyclic) bond motifs is 1. The zero-order valence-electron chi connectivity index (χ0n) is 15.7. The molecule has 28 heavy (non-hydrogen) atoms. The number of benzene rings is 2. The molecule has 0 spiro atoms. The third-order valence-corrected chi connectivity index (χ3v) is 4.12. The van der Waals surface area contributed by atoms with E-state index in [-0.39, 0.29) is 18.4 Å². The second-order valence-corrected chi connectivity index (χ2v) is 6.21. The number of anilines is 2. The molecule has 3 aromatic rings. The van der Waals surface area contributed by atoms with Crippen LogP contribution in [-0.2, 0) is 20.9 Å². The van der Waals surface area contributed by atoms with Gasteiger partial charge in [-0.2, -0.15) is 0 Å². The van der Waals surface area contributed by atoms with Crippen molar-refractivity contribution in [2.45, 2.75) is 20.4 Å². The van der Waals surface area contributed by atoms with Crippen LogP contribution < -0.4 is 10.6 Å². The molecule has 7 heteroatoms. The van der Waals surface area contributed by atoms with Gasteiger partial charge in [-0.15, -0.1) is 0 Å². The van der Waals surface area contributed by atoms with Crippen LogP contribution in [0.4, 0.5) is 11.4 Å². The lowest BCUT2D eigenvalue weighted by Gasteiger charge is -2.09. The number of ether oxygens (including phenoxy) is 1. The van der Waals surface area contributed by atoms with Crippen LogP contribution in [-0.4, -0.2) is 29.0 Å². The summed E-state index contributed by atoms with van der Waals surface area (Å²) in [6.45, 7) is 3.63. The molecule has 144 valence electrons. The zero-order valence-corrected chi connectivity index (χ0v) is 15.7. The number of nitrogens with zero attached hydrogens (tertiary/aromatic N) is 1. The molecule has 0 saturated carbocycles. The van der Waals surface area contributed by atoms with Crippen molar-refractivity contribution in [1.82, 2.24) is 4.57 Å². The molecule has 0 radical (unpaired) electrons. The number of hydrogen-bond donors (Lipinski definition) is 2. The van der Waals surface area contributed by atoms with Gasteiger partial charge in [0, 0.05) is 24.2 Å². The maximum Gasteiger partial charge on any atom is 0.338 e. The highest BCUT2D eigenvalue weighted by atomic mass is 16.5. The van der Waals surface area contributed by atoms with Crippen molar-refractivity contribution in [2.75, 3.05) is 17.2 Å². The molecule has 0 bridgehead atoms. The lowest BCUT2D eigenvalue weighted by Crippen LogP contribution is -2.18. The number of esters is 1. The monoisotopic (exact) mass is 379 g/mol. The molecular weight excluding hydrogens is 358 g/mol. The molecule has 0 atom stereocenters. The molecule has 1 aromatic heterocycles. The Morgan fingerprint density at radius 1 is 1.00 bits per heavy atom. The van der Waals surface area contributed by atoms with Gasteiger partial charge >= 0.3 is 5.97 Å². The van der Waals surface area contributed by atoms with Crippen LogP contribution in [0, 0.1) is 0 Å². The molecular formula is C21H21N3O4. The quantitative estimate of drug-likeness (QED) is 0.642. The Balaban J connectivity index is 1.70. The smallest absolute Gasteiger partial charge is 0.338 e. The Labute approximate surface area is 162 Å². The van der Waals surface area contributed by atoms with Gasteiger partial charge in [0.2, 0.25) is 11.8 Å². The Hall–Kier alpha value is -3.61. The average molecular weight is 379 g/mol. The first-order valence-corrected chi connectivity index (χ1v) is 8.90. The van der Waals surface area contributed by atoms with E-state index in [9.17, 15) is 14.4 Å². The van der Waals surface area contributed by atoms with E-state index in [0.29, 0.717) is 23.5 Å². The summed E-state index contributed by atoms with van der Waals surface area (Å²) in [5.74, 6) is -0.746. The van der Waals surface area contributed by atoms with Crippen molar-refractivity contribution in [3.63, 3.8) is 0 Å². The highest BCUT2D eigenvalue weighted by Gasteiger charge is 2.11. The molecule has 1 heterocycles. The Bertz CT molecular complexity index is 1020. The summed E-state index contributed by atoms with van der Waals surface area (Å²) in [6, 6.07) is 13.9. The van der Waals surface area contributed by atoms with Crippen LogP contribution in [0.15, 0.2) is 54.7 Å². The summed E-state index contributed by atoms with van der Waals surface area (Å²) in [7, 11) is 0. The SMILES string of the molecule is CCOC(=O)c1ccc(NC(=O)Cn2ccc3c(NC(C)=O)cccc32)cc1. The largest absolute Gasteiger partial charge is 0.462 e. The van der Waals surface area contributed by atoms with Crippen molar-refractivity contribution in [3.8, 4) is 0 Å². The van der Waals surface area contributed by atoms with E-state index in [1.807, 2.05) is 28.8 Å². The zero-order chi connectivity index (χ0) is 20.1. The maximum absolute atomic E-state index is 12.4. The fraction of sp³-hybridized carbons (Fsp3) is 0.190. The Morgan fingerprint density at radius 2 is 1.75 bits per heavy atom. The predicted octanol–water partition coefficient (Wildman–Crippen LogP) is 3.42. The van der Waals surface area contributed by atoms with Gasteiger partial charge in [0.15, 0.2) is 0 Å². The lowest BCUT2D eigenvalue weighted by molar-refractivity contribution is -0.116. The number of carbonyl (C=O) groups is 3. The van der Waals surface area contributed by atoms with Crippen LogP contribution >= 0.6 is 0 Å². The van der Waals surface area contributed by atoms with E-state index in [1.165, 1.54) is 6.92 Å². The third kappa shape index (κ3) is 4.37. The van der Waals surface area contributed by atoms with E-state index >= 15 is 0 Å². The summed E-state index contributed by atoms with van der Waals surface area (Å²) >= 11 is 0. The van der Waals surface area contributed by atoms with Crippen LogP contribution in [0.25, 0.3) is 10.9 Å². The summed E-state index contributed by atoms with van der Waals surface area (Å²) in [6.07, 6.45) is 1.80. The molecule has 3 rings (SSSR count). The summed E-state index contributed by atoms with van der Waals surface area (Å²) in [5.41, 5.74) is 2.58. The highest BCUT2D eigenvalue weighted by Crippen LogP contribution is 2.24. The molecule has 0 aliphatic heterocycles. The fourth-order valence-electron chi connectivity index (χ4n) is 2.92. The summed E-state index contributed by atoms with van der Waals surface area (Å²) in [5, 5.41) is 6.46. The van der Waals surface area contributed by atoms with Crippen LogP contribution in [0.2, 0.25) is 0 Å². The Kier molecular flexibility index (Phi) is 5.74. The molecule has 0 fully saturated rings. The van der Waals surface area contributed by atoms with Crippen molar-refractivity contribution >= 4 is 40.1 Å². The average Bonchev–Trinajstić information content (AvgIpc) is 3.06. The maximum atomic E-state index is 12.4. The minimum absolute atomic E-state index is 0.118. The first-order valence-electron chi connectivity index (χ1n) is 8.90. The van der Waals surface area contributed by atoms with E-state index < -0.39 is 5.97 Å². The van der Waals surface area contributed by atoms with Gasteiger partial charge in [0.1, 0.15) is 6.54 Å². The van der Waals surface area contributed by atoms with Gasteiger partial charge in [-0.3, -0.25) is 9.59 Å². The molecule has 2 N–H and O–H groups in total. The first kappa shape index (κ1) is 19.2. The van der Waals surface area contributed by atoms with Gasteiger partial charge in [-0.1, -0.05) is 6.07 Å². The highest BCUT2D eigenvalue weighted by molar-refractivity contribution is 6.01. The number of carbonyl (C=O) groups excluding carboxylic acids is 3. The van der Waals surface area contributed by atoms with Crippen molar-refractivity contribution in [1.29, 1.82) is 0 Å². The van der Waals surface area contributed by atoms with E-state index in [1.54, 1.807) is 37.4 Å². The molecule has 7 nitrogen and oxygen atoms in total. The fourth-order valence-corrected chi connectivity index (χ4v) is 2.92. The van der Waals surface area contributed by atoms with Crippen molar-refractivity contribution < 1.29 is 19.1 Å². The number of rotatable bonds is 6. The van der Waals surface area contributed by atoms with Gasteiger partial charge in [0.05, 0.1) is 23.4 Å². The topological polar surface area (TPSA) is 89.4 Å². The normalized spacial score (nSPS) is 10.5. The molecule has 0 aliphatic rings. The van der Waals surface area contributed by atoms with Gasteiger partial charge < -0.3 is 19.9 Å². The third-order valence-electron chi connectivity index (χ3n) is 4.12. The number of nitrogens with one attached hydrogen (secondary N) is 2. The van der Waals surface area contributed by atoms with Gasteiger partial charge in [0.25, 0.3) is 0 Å². The molecule has 2 aromatic carbocycles. The van der Waals surface area contributed by atoms with E-state index in [2.05, 4.69) is 10.6 Å². The minimum Gasteiger partial charge on any atom is -0.462 e. The second kappa shape index (κ2) is 8.39. The number of amides is 2. The van der Waals surface area contributed by atoms with Crippen LogP contribution in [0.5, 0.6) is 0 Å². The Morgan fingerprint density at radius 3 is 2.43 bits per heavy atom. The molecule has 0 aliphatic carbocycles. The molecule has 0 unspecified atom stereocenters. The number of aromatic nitrogens is 1. The standard InChI is InChI=1S/C21H21N3O4/c1-3-28-21(27)15-7-9-16(10-8-15)23-20(26)13-24-12-11-17-18(22-14(2)25)5-4-6-19(17)24/h4-12H,3,13H2,1-2H3,(H,22,25)(H,23,26). The van der Waals surface area contributed by atoms with Crippen molar-refractivity contribution in [2.24, 2.45) is 0 Å². The lowest BCUT2D eigenvalue weighted by atomic mass is 10.2. The second-order valence-electron chi connectivity index (χ2n) is 6.21. The molecule has 0 saturated heterocycles. The molecule has 2 amide bonds. The first-order chi connectivity index (χ1) is 13.5. The van der Waals surface area contributed by atoms with E-state index in [4.69, 9.17) is 4.74 Å². The summed E-state index contributed by atoms with van der Waals surface area (Å²) in [4.78, 5) is 35.4. The van der Waals surface area contributed by atoms with Crippen LogP contribution in [0.1, 0.15) is 24.2 Å². The van der Waals surface area contributed by atoms with Gasteiger partial charge in [-0.05, 0) is 49.4 Å². The summed E-state index contributed by atoms with van der Waals surface area (Å²) < 4.78 is 6.75. The van der Waals surface area contributed by atoms with E-state index in [0.717, 1.165) is 10.9 Å². The van der Waals surface area contributed by atoms with Crippen LogP contribution in [0.3, 0.4) is 0 Å². The number of hydrogen-bond acceptors (Lipinski definition) is 4.